The molecule has 0 aliphatic carbocycles. The van der Waals surface area contributed by atoms with E-state index in [9.17, 15) is 13.2 Å². The van der Waals surface area contributed by atoms with Crippen LogP contribution >= 0.6 is 23.1 Å². The zero-order valence-electron chi connectivity index (χ0n) is 7.89. The van der Waals surface area contributed by atoms with Crippen molar-refractivity contribution in [2.45, 2.75) is 27.0 Å². The lowest BCUT2D eigenvalue weighted by molar-refractivity contribution is 0.0979. The molecule has 0 unspecified atom stereocenters. The van der Waals surface area contributed by atoms with Crippen LogP contribution in [0.3, 0.4) is 0 Å². The zero-order chi connectivity index (χ0) is 11.2. The lowest BCUT2D eigenvalue weighted by atomic mass is 10.1. The van der Waals surface area contributed by atoms with Gasteiger partial charge < -0.3 is 0 Å². The smallest absolute Gasteiger partial charge is 0.247 e. The Morgan fingerprint density at radius 3 is 2.80 bits per heavy atom. The fraction of sp³-hybridized carbons (Fsp3) is 0.375. The first-order valence-electron chi connectivity index (χ1n) is 4.24. The average molecular weight is 263 g/mol. The number of fused-ring (bicyclic) bond motifs is 1. The van der Waals surface area contributed by atoms with Gasteiger partial charge in [-0.2, -0.15) is 0 Å². The molecule has 82 valence electrons. The van der Waals surface area contributed by atoms with Crippen molar-refractivity contribution in [2.24, 2.45) is 5.14 Å². The van der Waals surface area contributed by atoms with Gasteiger partial charge in [-0.25, -0.2) is 13.6 Å². The standard InChI is InChI=1S/C8H9NO3S3/c1-4-2-6(10)5-3-7(15(9,11)12)14-8(5)13-4/h3-4H,2H2,1H3,(H2,9,11,12)/t4-/m0/s1. The van der Waals surface area contributed by atoms with E-state index in [1.165, 1.54) is 17.8 Å². The summed E-state index contributed by atoms with van der Waals surface area (Å²) < 4.78 is 23.1. The molecule has 1 atom stereocenters. The first-order chi connectivity index (χ1) is 6.88. The highest BCUT2D eigenvalue weighted by Crippen LogP contribution is 2.41. The summed E-state index contributed by atoms with van der Waals surface area (Å²) in [5.41, 5.74) is 0.507. The average Bonchev–Trinajstić information content (AvgIpc) is 2.46. The fourth-order valence-corrected chi connectivity index (χ4v) is 5.02. The van der Waals surface area contributed by atoms with E-state index in [0.29, 0.717) is 12.0 Å². The topological polar surface area (TPSA) is 77.2 Å². The molecule has 4 nitrogen and oxygen atoms in total. The maximum atomic E-state index is 11.6. The van der Waals surface area contributed by atoms with Crippen molar-refractivity contribution < 1.29 is 13.2 Å². The molecule has 2 rings (SSSR count). The van der Waals surface area contributed by atoms with E-state index in [1.54, 1.807) is 0 Å². The number of ketones is 1. The molecule has 0 amide bonds. The number of carbonyl (C=O) groups excluding carboxylic acids is 1. The second-order valence-electron chi connectivity index (χ2n) is 3.37. The minimum Gasteiger partial charge on any atom is -0.294 e. The summed E-state index contributed by atoms with van der Waals surface area (Å²) in [6, 6.07) is 1.39. The van der Waals surface area contributed by atoms with Crippen molar-refractivity contribution in [1.82, 2.24) is 0 Å². The second-order valence-corrected chi connectivity index (χ2v) is 7.91. The van der Waals surface area contributed by atoms with E-state index in [1.807, 2.05) is 6.92 Å². The Hall–Kier alpha value is -0.370. The van der Waals surface area contributed by atoms with Gasteiger partial charge in [0.15, 0.2) is 5.78 Å². The van der Waals surface area contributed by atoms with Gasteiger partial charge in [-0.05, 0) is 6.07 Å². The van der Waals surface area contributed by atoms with Gasteiger partial charge in [0, 0.05) is 17.2 Å². The van der Waals surface area contributed by atoms with Gasteiger partial charge >= 0.3 is 0 Å². The molecule has 0 bridgehead atoms. The Balaban J connectivity index is 2.53. The van der Waals surface area contributed by atoms with Crippen molar-refractivity contribution in [2.75, 3.05) is 0 Å². The summed E-state index contributed by atoms with van der Waals surface area (Å²) in [4.78, 5) is 11.6. The zero-order valence-corrected chi connectivity index (χ0v) is 10.3. The maximum absolute atomic E-state index is 11.6. The summed E-state index contributed by atoms with van der Waals surface area (Å²) in [6.07, 6.45) is 0.457. The Morgan fingerprint density at radius 1 is 1.53 bits per heavy atom. The monoisotopic (exact) mass is 263 g/mol. The predicted octanol–water partition coefficient (Wildman–Crippen LogP) is 1.46. The van der Waals surface area contributed by atoms with Gasteiger partial charge in [0.25, 0.3) is 0 Å². The van der Waals surface area contributed by atoms with Gasteiger partial charge in [0.2, 0.25) is 10.0 Å². The van der Waals surface area contributed by atoms with Crippen molar-refractivity contribution in [3.63, 3.8) is 0 Å². The minimum absolute atomic E-state index is 0.00222. The van der Waals surface area contributed by atoms with Crippen molar-refractivity contribution in [1.29, 1.82) is 0 Å². The van der Waals surface area contributed by atoms with Crippen LogP contribution in [0.15, 0.2) is 14.5 Å². The third kappa shape index (κ3) is 2.10. The van der Waals surface area contributed by atoms with Crippen molar-refractivity contribution in [3.05, 3.63) is 11.6 Å². The molecule has 1 aliphatic rings. The normalized spacial score (nSPS) is 21.5. The molecule has 7 heteroatoms. The van der Waals surface area contributed by atoms with E-state index in [2.05, 4.69) is 0 Å². The fourth-order valence-electron chi connectivity index (χ4n) is 1.37. The second kappa shape index (κ2) is 3.58. The van der Waals surface area contributed by atoms with E-state index < -0.39 is 10.0 Å². The number of nitrogens with two attached hydrogens (primary N) is 1. The van der Waals surface area contributed by atoms with E-state index >= 15 is 0 Å². The van der Waals surface area contributed by atoms with Crippen LogP contribution in [-0.2, 0) is 10.0 Å². The van der Waals surface area contributed by atoms with Crippen LogP contribution in [0.4, 0.5) is 0 Å². The minimum atomic E-state index is -3.68. The molecule has 0 saturated heterocycles. The van der Waals surface area contributed by atoms with E-state index in [-0.39, 0.29) is 15.2 Å². The molecular weight excluding hydrogens is 254 g/mol. The first kappa shape index (κ1) is 11.1. The van der Waals surface area contributed by atoms with Crippen LogP contribution in [0.5, 0.6) is 0 Å². The highest BCUT2D eigenvalue weighted by Gasteiger charge is 2.27. The first-order valence-corrected chi connectivity index (χ1v) is 7.48. The van der Waals surface area contributed by atoms with E-state index in [0.717, 1.165) is 15.5 Å². The van der Waals surface area contributed by atoms with Crippen LogP contribution < -0.4 is 5.14 Å². The van der Waals surface area contributed by atoms with Gasteiger partial charge in [0.1, 0.15) is 4.21 Å². The number of thioether (sulfide) groups is 1. The Kier molecular flexibility index (Phi) is 2.66. The van der Waals surface area contributed by atoms with E-state index in [4.69, 9.17) is 5.14 Å². The summed E-state index contributed by atoms with van der Waals surface area (Å²) in [5, 5.41) is 5.22. The van der Waals surface area contributed by atoms with Crippen LogP contribution in [-0.4, -0.2) is 19.5 Å². The van der Waals surface area contributed by atoms with Crippen LogP contribution in [0.25, 0.3) is 0 Å². The number of primary sulfonamides is 1. The maximum Gasteiger partial charge on any atom is 0.247 e. The Bertz CT molecular complexity index is 517. The molecule has 2 heterocycles. The summed E-state index contributed by atoms with van der Waals surface area (Å²) >= 11 is 2.61. The molecule has 15 heavy (non-hydrogen) atoms. The molecule has 0 aromatic carbocycles. The number of hydrogen-bond donors (Lipinski definition) is 1. The Morgan fingerprint density at radius 2 is 2.20 bits per heavy atom. The Labute approximate surface area is 95.9 Å². The summed E-state index contributed by atoms with van der Waals surface area (Å²) in [5.74, 6) is 0.00222. The predicted molar refractivity (Wildman–Crippen MR) is 60.0 cm³/mol. The van der Waals surface area contributed by atoms with Crippen LogP contribution in [0.2, 0.25) is 0 Å². The number of thiophene rings is 1. The third-order valence-corrected chi connectivity index (χ3v) is 5.93. The molecule has 0 saturated carbocycles. The largest absolute Gasteiger partial charge is 0.294 e. The number of hydrogen-bond acceptors (Lipinski definition) is 5. The molecule has 2 N–H and O–H groups in total. The number of carbonyl (C=O) groups is 1. The summed E-state index contributed by atoms with van der Waals surface area (Å²) in [6.45, 7) is 1.95. The molecule has 0 radical (unpaired) electrons. The van der Waals surface area contributed by atoms with Gasteiger partial charge in [-0.1, -0.05) is 6.92 Å². The van der Waals surface area contributed by atoms with Gasteiger partial charge in [-0.15, -0.1) is 23.1 Å². The van der Waals surface area contributed by atoms with Crippen molar-refractivity contribution in [3.8, 4) is 0 Å². The number of rotatable bonds is 1. The van der Waals surface area contributed by atoms with Crippen molar-refractivity contribution >= 4 is 38.9 Å². The van der Waals surface area contributed by atoms with Crippen LogP contribution in [0.1, 0.15) is 23.7 Å². The molecular formula is C8H9NO3S3. The lowest BCUT2D eigenvalue weighted by Gasteiger charge is -2.15. The van der Waals surface area contributed by atoms with Gasteiger partial charge in [-0.3, -0.25) is 4.79 Å². The van der Waals surface area contributed by atoms with Crippen LogP contribution in [0, 0.1) is 0 Å². The lowest BCUT2D eigenvalue weighted by Crippen LogP contribution is -2.12. The third-order valence-electron chi connectivity index (χ3n) is 2.04. The highest BCUT2D eigenvalue weighted by atomic mass is 32.3. The molecule has 0 spiro atoms. The molecule has 1 aromatic heterocycles. The molecule has 0 fully saturated rings. The SMILES string of the molecule is C[C@H]1CC(=O)c2cc(S(N)(=O)=O)sc2S1. The van der Waals surface area contributed by atoms with Gasteiger partial charge in [0.05, 0.1) is 4.21 Å². The summed E-state index contributed by atoms with van der Waals surface area (Å²) in [7, 11) is -3.68. The quantitative estimate of drug-likeness (QED) is 0.832. The highest BCUT2D eigenvalue weighted by molar-refractivity contribution is 8.02. The molecule has 1 aromatic rings. The number of sulfonamides is 1. The number of Topliss-reactive ketones (excluding diaryl/α,β-unsaturated/α-hetero) is 1. The molecule has 1 aliphatic heterocycles.